The minimum absolute atomic E-state index is 0.534. The SMILES string of the molecule is c1ccc([S+]2CCCC3CCCCC2CCC3)cc1. The van der Waals surface area contributed by atoms with Gasteiger partial charge in [-0.15, -0.1) is 0 Å². The monoisotopic (exact) mass is 275 g/mol. The van der Waals surface area contributed by atoms with Gasteiger partial charge in [-0.25, -0.2) is 0 Å². The molecule has 1 saturated carbocycles. The predicted molar refractivity (Wildman–Crippen MR) is 85.8 cm³/mol. The standard InChI is InChI=1S/C18H27S/c1-2-11-17(12-3-1)19-15-7-10-16-8-4-5-13-18(19)14-6-9-16/h1-3,11-12,16,18H,4-10,13-15H2/q+1. The van der Waals surface area contributed by atoms with Crippen molar-refractivity contribution in [3.63, 3.8) is 0 Å². The molecule has 1 heterocycles. The van der Waals surface area contributed by atoms with Crippen molar-refractivity contribution in [2.24, 2.45) is 5.92 Å². The summed E-state index contributed by atoms with van der Waals surface area (Å²) in [4.78, 5) is 1.64. The molecule has 0 N–H and O–H groups in total. The van der Waals surface area contributed by atoms with Gasteiger partial charge in [0.15, 0.2) is 4.90 Å². The summed E-state index contributed by atoms with van der Waals surface area (Å²) in [6, 6.07) is 11.4. The fraction of sp³-hybridized carbons (Fsp3) is 0.667. The van der Waals surface area contributed by atoms with Crippen molar-refractivity contribution < 1.29 is 0 Å². The number of benzene rings is 1. The first-order chi connectivity index (χ1) is 9.43. The summed E-state index contributed by atoms with van der Waals surface area (Å²) in [5, 5.41) is 0.985. The molecule has 0 spiro atoms. The zero-order valence-corrected chi connectivity index (χ0v) is 12.8. The largest absolute Gasteiger partial charge is 0.155 e. The normalized spacial score (nSPS) is 32.7. The maximum atomic E-state index is 2.39. The molecule has 0 aromatic heterocycles. The van der Waals surface area contributed by atoms with Crippen molar-refractivity contribution in [1.29, 1.82) is 0 Å². The van der Waals surface area contributed by atoms with Gasteiger partial charge in [0.05, 0.1) is 0 Å². The molecular weight excluding hydrogens is 248 g/mol. The predicted octanol–water partition coefficient (Wildman–Crippen LogP) is 5.19. The zero-order valence-electron chi connectivity index (χ0n) is 12.0. The van der Waals surface area contributed by atoms with Crippen LogP contribution in [0.15, 0.2) is 35.2 Å². The summed E-state index contributed by atoms with van der Waals surface area (Å²) in [5.74, 6) is 2.52. The Morgan fingerprint density at radius 3 is 2.32 bits per heavy atom. The van der Waals surface area contributed by atoms with Gasteiger partial charge < -0.3 is 0 Å². The van der Waals surface area contributed by atoms with E-state index in [0.717, 1.165) is 11.2 Å². The average Bonchev–Trinajstić information content (AvgIpc) is 2.64. The van der Waals surface area contributed by atoms with E-state index in [1.165, 1.54) is 63.5 Å². The lowest BCUT2D eigenvalue weighted by Crippen LogP contribution is -2.25. The lowest BCUT2D eigenvalue weighted by molar-refractivity contribution is 0.399. The molecule has 1 aliphatic carbocycles. The number of hydrogen-bond donors (Lipinski definition) is 0. The maximum Gasteiger partial charge on any atom is 0.155 e. The molecule has 1 heteroatoms. The van der Waals surface area contributed by atoms with Crippen LogP contribution in [0.25, 0.3) is 0 Å². The molecule has 3 atom stereocenters. The third-order valence-electron chi connectivity index (χ3n) is 4.95. The molecule has 1 aromatic rings. The van der Waals surface area contributed by atoms with Crippen LogP contribution in [0.4, 0.5) is 0 Å². The topological polar surface area (TPSA) is 0 Å². The van der Waals surface area contributed by atoms with E-state index in [1.807, 2.05) is 0 Å². The second kappa shape index (κ2) is 6.83. The molecule has 1 aromatic carbocycles. The molecule has 19 heavy (non-hydrogen) atoms. The lowest BCUT2D eigenvalue weighted by atomic mass is 9.93. The zero-order chi connectivity index (χ0) is 12.9. The molecular formula is C18H27S+. The molecule has 0 radical (unpaired) electrons. The van der Waals surface area contributed by atoms with Crippen molar-refractivity contribution in [2.45, 2.75) is 67.9 Å². The molecule has 2 fully saturated rings. The Kier molecular flexibility index (Phi) is 4.87. The smallest absolute Gasteiger partial charge is 0.0619 e. The molecule has 1 aliphatic heterocycles. The van der Waals surface area contributed by atoms with Crippen LogP contribution in [0, 0.1) is 5.92 Å². The Morgan fingerprint density at radius 2 is 1.42 bits per heavy atom. The Balaban J connectivity index is 1.81. The van der Waals surface area contributed by atoms with Crippen LogP contribution in [0.5, 0.6) is 0 Å². The number of rotatable bonds is 1. The minimum atomic E-state index is 0.534. The van der Waals surface area contributed by atoms with Gasteiger partial charge in [0.25, 0.3) is 0 Å². The van der Waals surface area contributed by atoms with E-state index < -0.39 is 0 Å². The van der Waals surface area contributed by atoms with Crippen molar-refractivity contribution in [3.05, 3.63) is 30.3 Å². The summed E-state index contributed by atoms with van der Waals surface area (Å²) in [6.07, 6.45) is 13.5. The fourth-order valence-corrected chi connectivity index (χ4v) is 6.74. The molecule has 0 amide bonds. The first-order valence-electron chi connectivity index (χ1n) is 8.18. The second-order valence-electron chi connectivity index (χ2n) is 6.29. The Hall–Kier alpha value is -0.430. The highest BCUT2D eigenvalue weighted by Crippen LogP contribution is 2.34. The summed E-state index contributed by atoms with van der Waals surface area (Å²) >= 11 is 0. The fourth-order valence-electron chi connectivity index (χ4n) is 3.90. The lowest BCUT2D eigenvalue weighted by Gasteiger charge is -2.19. The highest BCUT2D eigenvalue weighted by Gasteiger charge is 2.34. The Labute approximate surface area is 121 Å². The van der Waals surface area contributed by atoms with Crippen LogP contribution in [-0.4, -0.2) is 11.0 Å². The average molecular weight is 275 g/mol. The van der Waals surface area contributed by atoms with Crippen LogP contribution in [0.2, 0.25) is 0 Å². The third-order valence-corrected chi connectivity index (χ3v) is 7.83. The highest BCUT2D eigenvalue weighted by molar-refractivity contribution is 7.97. The van der Waals surface area contributed by atoms with E-state index in [9.17, 15) is 0 Å². The van der Waals surface area contributed by atoms with Crippen molar-refractivity contribution in [3.8, 4) is 0 Å². The molecule has 3 rings (SSSR count). The molecule has 2 bridgehead atoms. The Morgan fingerprint density at radius 1 is 0.737 bits per heavy atom. The van der Waals surface area contributed by atoms with E-state index in [-0.39, 0.29) is 0 Å². The molecule has 1 saturated heterocycles. The Bertz CT molecular complexity index is 373. The summed E-state index contributed by atoms with van der Waals surface area (Å²) < 4.78 is 0. The van der Waals surface area contributed by atoms with E-state index in [0.29, 0.717) is 10.9 Å². The molecule has 104 valence electrons. The van der Waals surface area contributed by atoms with Crippen LogP contribution in [0.1, 0.15) is 57.8 Å². The molecule has 0 nitrogen and oxygen atoms in total. The molecule has 2 aliphatic rings. The second-order valence-corrected chi connectivity index (χ2v) is 8.70. The molecule has 3 unspecified atom stereocenters. The van der Waals surface area contributed by atoms with Crippen LogP contribution >= 0.6 is 0 Å². The maximum absolute atomic E-state index is 2.39. The first kappa shape index (κ1) is 13.5. The van der Waals surface area contributed by atoms with Crippen LogP contribution < -0.4 is 0 Å². The summed E-state index contributed by atoms with van der Waals surface area (Å²) in [6.45, 7) is 0. The third kappa shape index (κ3) is 3.56. The van der Waals surface area contributed by atoms with E-state index >= 15 is 0 Å². The van der Waals surface area contributed by atoms with E-state index in [2.05, 4.69) is 30.3 Å². The van der Waals surface area contributed by atoms with E-state index in [4.69, 9.17) is 0 Å². The van der Waals surface area contributed by atoms with Gasteiger partial charge >= 0.3 is 0 Å². The van der Waals surface area contributed by atoms with Gasteiger partial charge in [0, 0.05) is 10.9 Å². The summed E-state index contributed by atoms with van der Waals surface area (Å²) in [7, 11) is 0.534. The number of hydrogen-bond acceptors (Lipinski definition) is 0. The number of fused-ring (bicyclic) bond motifs is 4. The van der Waals surface area contributed by atoms with Crippen molar-refractivity contribution >= 4 is 10.9 Å². The van der Waals surface area contributed by atoms with Crippen LogP contribution in [0.3, 0.4) is 0 Å². The van der Waals surface area contributed by atoms with Crippen LogP contribution in [-0.2, 0) is 10.9 Å². The first-order valence-corrected chi connectivity index (χ1v) is 9.64. The van der Waals surface area contributed by atoms with Gasteiger partial charge in [-0.2, -0.15) is 0 Å². The minimum Gasteiger partial charge on any atom is -0.0619 e. The van der Waals surface area contributed by atoms with Gasteiger partial charge in [-0.1, -0.05) is 37.5 Å². The quantitative estimate of drug-likeness (QED) is 0.619. The van der Waals surface area contributed by atoms with Gasteiger partial charge in [-0.05, 0) is 56.6 Å². The van der Waals surface area contributed by atoms with Gasteiger partial charge in [-0.3, -0.25) is 0 Å². The van der Waals surface area contributed by atoms with Crippen molar-refractivity contribution in [1.82, 2.24) is 0 Å². The highest BCUT2D eigenvalue weighted by atomic mass is 32.2. The van der Waals surface area contributed by atoms with Gasteiger partial charge in [0.1, 0.15) is 11.0 Å². The summed E-state index contributed by atoms with van der Waals surface area (Å²) in [5.41, 5.74) is 0. The van der Waals surface area contributed by atoms with Gasteiger partial charge in [0.2, 0.25) is 0 Å². The van der Waals surface area contributed by atoms with E-state index in [1.54, 1.807) is 4.90 Å². The van der Waals surface area contributed by atoms with Crippen molar-refractivity contribution in [2.75, 3.05) is 5.75 Å².